The van der Waals surface area contributed by atoms with Crippen molar-refractivity contribution < 1.29 is 14.5 Å². The molecule has 106 valence electrons. The van der Waals surface area contributed by atoms with Crippen LogP contribution in [0.5, 0.6) is 0 Å². The van der Waals surface area contributed by atoms with Gasteiger partial charge >= 0.3 is 0 Å². The maximum atomic E-state index is 12.0. The van der Waals surface area contributed by atoms with Crippen molar-refractivity contribution in [2.75, 3.05) is 0 Å². The number of benzene rings is 1. The molecule has 0 spiro atoms. The highest BCUT2D eigenvalue weighted by atomic mass is 16.6. The zero-order chi connectivity index (χ0) is 15.0. The smallest absolute Gasteiger partial charge is 0.272 e. The first-order valence-corrected chi connectivity index (χ1v) is 6.42. The second kappa shape index (κ2) is 5.03. The van der Waals surface area contributed by atoms with Gasteiger partial charge in [-0.05, 0) is 12.5 Å². The number of hydrogen-bond donors (Lipinski definition) is 0. The van der Waals surface area contributed by atoms with Crippen LogP contribution in [0.25, 0.3) is 0 Å². The molecule has 0 N–H and O–H groups in total. The first kappa shape index (κ1) is 14.2. The standard InChI is InChI=1S/C14H16N2O4/c1-8-9(2)14(18)15(13(8)17)7-11-5-4-6-12(10(11)3)16(19)20/h4-6,8-9H,7H2,1-3H3/t8-,9-/m1/s1. The number of carbonyl (C=O) groups excluding carboxylic acids is 2. The summed E-state index contributed by atoms with van der Waals surface area (Å²) in [5.41, 5.74) is 1.12. The lowest BCUT2D eigenvalue weighted by Gasteiger charge is -2.16. The molecule has 0 bridgehead atoms. The molecule has 1 fully saturated rings. The minimum absolute atomic E-state index is 0.00249. The Bertz CT molecular complexity index is 577. The SMILES string of the molecule is Cc1c(CN2C(=O)[C@H](C)[C@@H](C)C2=O)cccc1[N+](=O)[O-]. The van der Waals surface area contributed by atoms with Crippen molar-refractivity contribution in [2.24, 2.45) is 11.8 Å². The van der Waals surface area contributed by atoms with Gasteiger partial charge in [-0.3, -0.25) is 24.6 Å². The number of carbonyl (C=O) groups is 2. The molecule has 0 aliphatic carbocycles. The van der Waals surface area contributed by atoms with Gasteiger partial charge < -0.3 is 0 Å². The lowest BCUT2D eigenvalue weighted by molar-refractivity contribution is -0.385. The van der Waals surface area contributed by atoms with Crippen LogP contribution in [0.3, 0.4) is 0 Å². The zero-order valence-corrected chi connectivity index (χ0v) is 11.6. The van der Waals surface area contributed by atoms with Crippen LogP contribution < -0.4 is 0 Å². The fourth-order valence-corrected chi connectivity index (χ4v) is 2.39. The van der Waals surface area contributed by atoms with E-state index < -0.39 is 4.92 Å². The molecule has 0 aromatic heterocycles. The summed E-state index contributed by atoms with van der Waals surface area (Å²) >= 11 is 0. The van der Waals surface area contributed by atoms with Crippen LogP contribution in [0, 0.1) is 28.9 Å². The number of nitro groups is 1. The molecule has 2 atom stereocenters. The first-order chi connectivity index (χ1) is 9.34. The van der Waals surface area contributed by atoms with E-state index in [0.717, 1.165) is 0 Å². The van der Waals surface area contributed by atoms with E-state index in [1.807, 2.05) is 0 Å². The Morgan fingerprint density at radius 2 is 1.75 bits per heavy atom. The number of imide groups is 1. The van der Waals surface area contributed by atoms with E-state index >= 15 is 0 Å². The van der Waals surface area contributed by atoms with Crippen molar-refractivity contribution in [1.29, 1.82) is 0 Å². The average Bonchev–Trinajstić information content (AvgIpc) is 2.58. The highest BCUT2D eigenvalue weighted by molar-refractivity contribution is 6.04. The summed E-state index contributed by atoms with van der Waals surface area (Å²) < 4.78 is 0. The molecule has 1 aliphatic heterocycles. The van der Waals surface area contributed by atoms with Gasteiger partial charge in [0, 0.05) is 23.5 Å². The minimum atomic E-state index is -0.461. The number of hydrogen-bond acceptors (Lipinski definition) is 4. The molecular formula is C14H16N2O4. The topological polar surface area (TPSA) is 80.5 Å². The van der Waals surface area contributed by atoms with E-state index in [2.05, 4.69) is 0 Å². The van der Waals surface area contributed by atoms with Crippen LogP contribution in [-0.4, -0.2) is 21.6 Å². The predicted octanol–water partition coefficient (Wildman–Crippen LogP) is 2.04. The van der Waals surface area contributed by atoms with E-state index in [9.17, 15) is 19.7 Å². The van der Waals surface area contributed by atoms with Gasteiger partial charge in [0.2, 0.25) is 11.8 Å². The van der Waals surface area contributed by atoms with Crippen molar-refractivity contribution in [3.8, 4) is 0 Å². The molecule has 20 heavy (non-hydrogen) atoms. The molecule has 6 nitrogen and oxygen atoms in total. The van der Waals surface area contributed by atoms with Gasteiger partial charge in [0.1, 0.15) is 0 Å². The Labute approximate surface area is 116 Å². The van der Waals surface area contributed by atoms with Crippen LogP contribution >= 0.6 is 0 Å². The van der Waals surface area contributed by atoms with Gasteiger partial charge in [0.05, 0.1) is 11.5 Å². The third-order valence-electron chi connectivity index (χ3n) is 4.00. The normalized spacial score (nSPS) is 22.4. The van der Waals surface area contributed by atoms with Gasteiger partial charge in [0.25, 0.3) is 5.69 Å². The van der Waals surface area contributed by atoms with E-state index in [-0.39, 0.29) is 35.9 Å². The second-order valence-electron chi connectivity index (χ2n) is 5.16. The quantitative estimate of drug-likeness (QED) is 0.480. The molecule has 1 aliphatic rings. The summed E-state index contributed by atoms with van der Waals surface area (Å²) in [4.78, 5) is 35.7. The summed E-state index contributed by atoms with van der Waals surface area (Å²) in [5.74, 6) is -1.09. The van der Waals surface area contributed by atoms with Crippen molar-refractivity contribution >= 4 is 17.5 Å². The van der Waals surface area contributed by atoms with Gasteiger partial charge in [-0.25, -0.2) is 0 Å². The third kappa shape index (κ3) is 2.17. The Hall–Kier alpha value is -2.24. The Morgan fingerprint density at radius 3 is 2.25 bits per heavy atom. The van der Waals surface area contributed by atoms with Crippen molar-refractivity contribution in [3.05, 3.63) is 39.4 Å². The van der Waals surface area contributed by atoms with Crippen molar-refractivity contribution in [3.63, 3.8) is 0 Å². The Kier molecular flexibility index (Phi) is 3.57. The maximum absolute atomic E-state index is 12.0. The van der Waals surface area contributed by atoms with Crippen molar-refractivity contribution in [1.82, 2.24) is 4.90 Å². The zero-order valence-electron chi connectivity index (χ0n) is 11.6. The summed E-state index contributed by atoms with van der Waals surface area (Å²) in [5, 5.41) is 10.9. The third-order valence-corrected chi connectivity index (χ3v) is 4.00. The maximum Gasteiger partial charge on any atom is 0.272 e. The number of nitro benzene ring substituents is 1. The average molecular weight is 276 g/mol. The van der Waals surface area contributed by atoms with Gasteiger partial charge in [0.15, 0.2) is 0 Å². The van der Waals surface area contributed by atoms with Crippen LogP contribution in [0.15, 0.2) is 18.2 Å². The van der Waals surface area contributed by atoms with E-state index in [0.29, 0.717) is 11.1 Å². The molecule has 1 aromatic carbocycles. The molecule has 0 saturated carbocycles. The van der Waals surface area contributed by atoms with E-state index in [1.54, 1.807) is 32.9 Å². The molecule has 1 aromatic rings. The summed E-state index contributed by atoms with van der Waals surface area (Å²) in [6.07, 6.45) is 0. The van der Waals surface area contributed by atoms with Gasteiger partial charge in [-0.1, -0.05) is 26.0 Å². The fraction of sp³-hybridized carbons (Fsp3) is 0.429. The van der Waals surface area contributed by atoms with Crippen LogP contribution in [-0.2, 0) is 16.1 Å². The lowest BCUT2D eigenvalue weighted by atomic mass is 10.00. The molecule has 2 rings (SSSR count). The van der Waals surface area contributed by atoms with Crippen molar-refractivity contribution in [2.45, 2.75) is 27.3 Å². The Morgan fingerprint density at radius 1 is 1.20 bits per heavy atom. The predicted molar refractivity (Wildman–Crippen MR) is 71.7 cm³/mol. The largest absolute Gasteiger partial charge is 0.278 e. The second-order valence-corrected chi connectivity index (χ2v) is 5.16. The summed E-state index contributed by atoms with van der Waals surface area (Å²) in [7, 11) is 0. The Balaban J connectivity index is 2.32. The highest BCUT2D eigenvalue weighted by Crippen LogP contribution is 2.29. The lowest BCUT2D eigenvalue weighted by Crippen LogP contribution is -2.30. The highest BCUT2D eigenvalue weighted by Gasteiger charge is 2.42. The summed E-state index contributed by atoms with van der Waals surface area (Å²) in [6, 6.07) is 4.69. The van der Waals surface area contributed by atoms with Crippen LogP contribution in [0.2, 0.25) is 0 Å². The molecule has 1 heterocycles. The molecule has 0 unspecified atom stereocenters. The van der Waals surface area contributed by atoms with Crippen LogP contribution in [0.1, 0.15) is 25.0 Å². The number of nitrogens with zero attached hydrogens (tertiary/aromatic N) is 2. The van der Waals surface area contributed by atoms with Crippen LogP contribution in [0.4, 0.5) is 5.69 Å². The monoisotopic (exact) mass is 276 g/mol. The minimum Gasteiger partial charge on any atom is -0.278 e. The van der Waals surface area contributed by atoms with Gasteiger partial charge in [-0.2, -0.15) is 0 Å². The molecular weight excluding hydrogens is 260 g/mol. The van der Waals surface area contributed by atoms with E-state index in [1.165, 1.54) is 11.0 Å². The number of amides is 2. The number of likely N-dealkylation sites (tertiary alicyclic amines) is 1. The number of rotatable bonds is 3. The molecule has 6 heteroatoms. The van der Waals surface area contributed by atoms with Gasteiger partial charge in [-0.15, -0.1) is 0 Å². The van der Waals surface area contributed by atoms with E-state index in [4.69, 9.17) is 0 Å². The molecule has 2 amide bonds. The molecule has 1 saturated heterocycles. The summed E-state index contributed by atoms with van der Waals surface area (Å²) in [6.45, 7) is 5.18. The fourth-order valence-electron chi connectivity index (χ4n) is 2.39. The first-order valence-electron chi connectivity index (χ1n) is 6.42. The molecule has 0 radical (unpaired) electrons.